The molecular weight excluding hydrogens is 160 g/mol. The topological polar surface area (TPSA) is 15.6 Å². The van der Waals surface area contributed by atoms with Gasteiger partial charge in [0, 0.05) is 18.7 Å². The summed E-state index contributed by atoms with van der Waals surface area (Å²) in [6, 6.07) is 10.5. The van der Waals surface area contributed by atoms with Gasteiger partial charge in [-0.05, 0) is 12.1 Å². The number of rotatable bonds is 2. The smallest absolute Gasteiger partial charge is 0.103 e. The SMILES string of the molecule is CCC1=NCCN1c1ccccc1. The van der Waals surface area contributed by atoms with Crippen molar-refractivity contribution in [1.82, 2.24) is 0 Å². The fraction of sp³-hybridized carbons (Fsp3) is 0.364. The second kappa shape index (κ2) is 3.60. The van der Waals surface area contributed by atoms with Gasteiger partial charge in [0.1, 0.15) is 5.84 Å². The van der Waals surface area contributed by atoms with E-state index in [0.717, 1.165) is 19.5 Å². The standard InChI is InChI=1S/C11H14N2/c1-2-11-12-8-9-13(11)10-6-4-3-5-7-10/h3-7H,2,8-9H2,1H3. The summed E-state index contributed by atoms with van der Waals surface area (Å²) in [6.07, 6.45) is 1.02. The molecule has 1 aromatic rings. The number of anilines is 1. The van der Waals surface area contributed by atoms with Gasteiger partial charge in [0.25, 0.3) is 0 Å². The third-order valence-corrected chi connectivity index (χ3v) is 2.31. The molecule has 0 aromatic heterocycles. The molecular formula is C11H14N2. The Balaban J connectivity index is 2.23. The van der Waals surface area contributed by atoms with E-state index in [1.165, 1.54) is 11.5 Å². The Labute approximate surface area is 78.9 Å². The number of hydrogen-bond acceptors (Lipinski definition) is 2. The summed E-state index contributed by atoms with van der Waals surface area (Å²) < 4.78 is 0. The third kappa shape index (κ3) is 1.57. The Bertz CT molecular complexity index is 303. The highest BCUT2D eigenvalue weighted by molar-refractivity contribution is 5.99. The molecule has 2 nitrogen and oxygen atoms in total. The van der Waals surface area contributed by atoms with Crippen molar-refractivity contribution in [2.24, 2.45) is 4.99 Å². The van der Waals surface area contributed by atoms with Crippen molar-refractivity contribution in [3.63, 3.8) is 0 Å². The molecule has 0 aliphatic carbocycles. The van der Waals surface area contributed by atoms with E-state index in [1.54, 1.807) is 0 Å². The summed E-state index contributed by atoms with van der Waals surface area (Å²) in [6.45, 7) is 4.13. The molecule has 1 aliphatic heterocycles. The lowest BCUT2D eigenvalue weighted by Gasteiger charge is -2.19. The average molecular weight is 174 g/mol. The Kier molecular flexibility index (Phi) is 2.30. The van der Waals surface area contributed by atoms with E-state index in [2.05, 4.69) is 41.1 Å². The van der Waals surface area contributed by atoms with Crippen LogP contribution in [0.25, 0.3) is 0 Å². The van der Waals surface area contributed by atoms with Crippen LogP contribution in [0.15, 0.2) is 35.3 Å². The van der Waals surface area contributed by atoms with E-state index in [-0.39, 0.29) is 0 Å². The quantitative estimate of drug-likeness (QED) is 0.671. The molecule has 1 aliphatic rings. The first-order valence-corrected chi connectivity index (χ1v) is 4.77. The Hall–Kier alpha value is -1.31. The molecule has 68 valence electrons. The molecule has 0 amide bonds. The normalized spacial score (nSPS) is 16.1. The number of para-hydroxylation sites is 1. The lowest BCUT2D eigenvalue weighted by molar-refractivity contribution is 1.02. The van der Waals surface area contributed by atoms with Gasteiger partial charge in [-0.15, -0.1) is 0 Å². The van der Waals surface area contributed by atoms with Gasteiger partial charge in [-0.25, -0.2) is 0 Å². The van der Waals surface area contributed by atoms with Gasteiger partial charge < -0.3 is 4.90 Å². The van der Waals surface area contributed by atoms with Crippen LogP contribution in [-0.2, 0) is 0 Å². The minimum Gasteiger partial charge on any atom is -0.328 e. The highest BCUT2D eigenvalue weighted by atomic mass is 15.2. The largest absolute Gasteiger partial charge is 0.328 e. The number of aliphatic imine (C=N–C) groups is 1. The maximum absolute atomic E-state index is 4.45. The molecule has 0 saturated heterocycles. The predicted octanol–water partition coefficient (Wildman–Crippen LogP) is 2.32. The molecule has 0 fully saturated rings. The second-order valence-corrected chi connectivity index (χ2v) is 3.14. The Morgan fingerprint density at radius 1 is 1.31 bits per heavy atom. The lowest BCUT2D eigenvalue weighted by atomic mass is 10.2. The van der Waals surface area contributed by atoms with Crippen molar-refractivity contribution < 1.29 is 0 Å². The number of amidine groups is 1. The zero-order valence-corrected chi connectivity index (χ0v) is 7.90. The van der Waals surface area contributed by atoms with Crippen LogP contribution in [0.5, 0.6) is 0 Å². The molecule has 0 saturated carbocycles. The molecule has 2 rings (SSSR count). The van der Waals surface area contributed by atoms with E-state index < -0.39 is 0 Å². The Morgan fingerprint density at radius 2 is 2.08 bits per heavy atom. The van der Waals surface area contributed by atoms with Gasteiger partial charge in [0.15, 0.2) is 0 Å². The van der Waals surface area contributed by atoms with Gasteiger partial charge >= 0.3 is 0 Å². The molecule has 0 N–H and O–H groups in total. The molecule has 0 spiro atoms. The molecule has 0 unspecified atom stereocenters. The van der Waals surface area contributed by atoms with Gasteiger partial charge in [-0.1, -0.05) is 25.1 Å². The molecule has 1 heterocycles. The van der Waals surface area contributed by atoms with Gasteiger partial charge in [-0.3, -0.25) is 4.99 Å². The highest BCUT2D eigenvalue weighted by Crippen LogP contribution is 2.17. The van der Waals surface area contributed by atoms with Gasteiger partial charge in [0.05, 0.1) is 6.54 Å². The molecule has 13 heavy (non-hydrogen) atoms. The van der Waals surface area contributed by atoms with Crippen molar-refractivity contribution in [3.8, 4) is 0 Å². The van der Waals surface area contributed by atoms with Crippen LogP contribution in [0.2, 0.25) is 0 Å². The van der Waals surface area contributed by atoms with Crippen molar-refractivity contribution in [1.29, 1.82) is 0 Å². The molecule has 0 bridgehead atoms. The summed E-state index contributed by atoms with van der Waals surface area (Å²) in [7, 11) is 0. The minimum atomic E-state index is 0.943. The van der Waals surface area contributed by atoms with Crippen molar-refractivity contribution in [2.75, 3.05) is 18.0 Å². The third-order valence-electron chi connectivity index (χ3n) is 2.31. The average Bonchev–Trinajstić information content (AvgIpc) is 2.67. The van der Waals surface area contributed by atoms with Crippen LogP contribution < -0.4 is 4.90 Å². The second-order valence-electron chi connectivity index (χ2n) is 3.14. The van der Waals surface area contributed by atoms with Crippen molar-refractivity contribution >= 4 is 11.5 Å². The summed E-state index contributed by atoms with van der Waals surface area (Å²) in [4.78, 5) is 6.75. The highest BCUT2D eigenvalue weighted by Gasteiger charge is 2.15. The van der Waals surface area contributed by atoms with Crippen LogP contribution in [-0.4, -0.2) is 18.9 Å². The lowest BCUT2D eigenvalue weighted by Crippen LogP contribution is -2.26. The fourth-order valence-electron chi connectivity index (χ4n) is 1.68. The van der Waals surface area contributed by atoms with Crippen molar-refractivity contribution in [3.05, 3.63) is 30.3 Å². The summed E-state index contributed by atoms with van der Waals surface area (Å²) in [5, 5.41) is 0. The van der Waals surface area contributed by atoms with Crippen LogP contribution in [0.3, 0.4) is 0 Å². The Morgan fingerprint density at radius 3 is 2.77 bits per heavy atom. The summed E-state index contributed by atoms with van der Waals surface area (Å²) in [5.41, 5.74) is 1.26. The van der Waals surface area contributed by atoms with E-state index in [0.29, 0.717) is 0 Å². The van der Waals surface area contributed by atoms with E-state index >= 15 is 0 Å². The molecule has 2 heteroatoms. The van der Waals surface area contributed by atoms with E-state index in [9.17, 15) is 0 Å². The summed E-state index contributed by atoms with van der Waals surface area (Å²) >= 11 is 0. The van der Waals surface area contributed by atoms with Gasteiger partial charge in [0.2, 0.25) is 0 Å². The number of nitrogens with zero attached hydrogens (tertiary/aromatic N) is 2. The molecule has 1 aromatic carbocycles. The molecule has 0 radical (unpaired) electrons. The van der Waals surface area contributed by atoms with Crippen LogP contribution in [0.4, 0.5) is 5.69 Å². The maximum atomic E-state index is 4.45. The zero-order chi connectivity index (χ0) is 9.10. The maximum Gasteiger partial charge on any atom is 0.103 e. The monoisotopic (exact) mass is 174 g/mol. The summed E-state index contributed by atoms with van der Waals surface area (Å²) in [5.74, 6) is 1.21. The number of hydrogen-bond donors (Lipinski definition) is 0. The van der Waals surface area contributed by atoms with E-state index in [1.807, 2.05) is 6.07 Å². The minimum absolute atomic E-state index is 0.943. The first-order valence-electron chi connectivity index (χ1n) is 4.77. The van der Waals surface area contributed by atoms with Crippen LogP contribution >= 0.6 is 0 Å². The van der Waals surface area contributed by atoms with Crippen molar-refractivity contribution in [2.45, 2.75) is 13.3 Å². The number of benzene rings is 1. The van der Waals surface area contributed by atoms with Crippen LogP contribution in [0, 0.1) is 0 Å². The first-order chi connectivity index (χ1) is 6.42. The first kappa shape index (κ1) is 8.30. The fourth-order valence-corrected chi connectivity index (χ4v) is 1.68. The van der Waals surface area contributed by atoms with Crippen LogP contribution in [0.1, 0.15) is 13.3 Å². The molecule has 0 atom stereocenters. The zero-order valence-electron chi connectivity index (χ0n) is 7.90. The predicted molar refractivity (Wildman–Crippen MR) is 56.4 cm³/mol. The van der Waals surface area contributed by atoms with E-state index in [4.69, 9.17) is 0 Å². The van der Waals surface area contributed by atoms with Gasteiger partial charge in [-0.2, -0.15) is 0 Å².